The summed E-state index contributed by atoms with van der Waals surface area (Å²) in [5.41, 5.74) is 9.30. The molecule has 1 aliphatic heterocycles. The van der Waals surface area contributed by atoms with Gasteiger partial charge in [-0.3, -0.25) is 0 Å². The third-order valence-electron chi connectivity index (χ3n) is 4.81. The molecule has 0 aliphatic carbocycles. The van der Waals surface area contributed by atoms with Gasteiger partial charge in [-0.05, 0) is 49.1 Å². The highest BCUT2D eigenvalue weighted by atomic mass is 127. The van der Waals surface area contributed by atoms with Gasteiger partial charge in [-0.2, -0.15) is 0 Å². The van der Waals surface area contributed by atoms with Gasteiger partial charge in [-0.25, -0.2) is 9.98 Å². The highest BCUT2D eigenvalue weighted by Crippen LogP contribution is 2.19. The number of benzene rings is 1. The van der Waals surface area contributed by atoms with Crippen molar-refractivity contribution in [2.45, 2.75) is 52.4 Å². The Labute approximate surface area is 191 Å². The van der Waals surface area contributed by atoms with Crippen LogP contribution in [0.25, 0.3) is 0 Å². The fourth-order valence-corrected chi connectivity index (χ4v) is 3.40. The first kappa shape index (κ1) is 23.4. The van der Waals surface area contributed by atoms with Crippen LogP contribution in [0, 0.1) is 0 Å². The Kier molecular flexibility index (Phi) is 8.70. The molecular formula is C22H32IN5O. The first-order valence-electron chi connectivity index (χ1n) is 9.93. The molecule has 6 nitrogen and oxygen atoms in total. The Bertz CT molecular complexity index is 799. The molecule has 3 N–H and O–H groups in total. The van der Waals surface area contributed by atoms with Crippen LogP contribution in [0.15, 0.2) is 47.6 Å². The zero-order chi connectivity index (χ0) is 20.1. The third kappa shape index (κ3) is 6.85. The Hall–Kier alpha value is -1.87. The minimum absolute atomic E-state index is 0. The lowest BCUT2D eigenvalue weighted by atomic mass is 10.0. The molecule has 1 saturated heterocycles. The number of halogens is 1. The summed E-state index contributed by atoms with van der Waals surface area (Å²) in [5, 5.41) is 3.17. The van der Waals surface area contributed by atoms with Crippen LogP contribution < -0.4 is 16.0 Å². The molecule has 3 rings (SSSR count). The molecule has 2 heterocycles. The number of morpholine rings is 1. The summed E-state index contributed by atoms with van der Waals surface area (Å²) in [6, 6.07) is 12.4. The van der Waals surface area contributed by atoms with Crippen LogP contribution in [-0.4, -0.2) is 36.2 Å². The van der Waals surface area contributed by atoms with Crippen LogP contribution in [0.2, 0.25) is 0 Å². The lowest BCUT2D eigenvalue weighted by Crippen LogP contribution is -2.45. The van der Waals surface area contributed by atoms with E-state index in [4.69, 9.17) is 10.5 Å². The molecule has 1 aromatic carbocycles. The van der Waals surface area contributed by atoms with E-state index in [1.807, 2.05) is 24.4 Å². The van der Waals surface area contributed by atoms with Crippen molar-refractivity contribution in [3.8, 4) is 0 Å². The number of nitrogens with two attached hydrogens (primary N) is 1. The summed E-state index contributed by atoms with van der Waals surface area (Å²) in [6.07, 6.45) is 2.31. The van der Waals surface area contributed by atoms with E-state index in [-0.39, 0.29) is 36.2 Å². The summed E-state index contributed by atoms with van der Waals surface area (Å²) < 4.78 is 5.79. The molecule has 0 bridgehead atoms. The summed E-state index contributed by atoms with van der Waals surface area (Å²) in [4.78, 5) is 11.3. The van der Waals surface area contributed by atoms with Crippen molar-refractivity contribution in [3.05, 3.63) is 53.7 Å². The van der Waals surface area contributed by atoms with E-state index in [1.54, 1.807) is 0 Å². The predicted octanol–water partition coefficient (Wildman–Crippen LogP) is 4.36. The van der Waals surface area contributed by atoms with Crippen LogP contribution in [-0.2, 0) is 11.3 Å². The van der Waals surface area contributed by atoms with E-state index < -0.39 is 0 Å². The minimum Gasteiger partial charge on any atom is -0.372 e. The van der Waals surface area contributed by atoms with E-state index in [1.165, 1.54) is 5.56 Å². The molecule has 2 aromatic rings. The first-order valence-corrected chi connectivity index (χ1v) is 9.93. The number of aromatic nitrogens is 1. The topological polar surface area (TPSA) is 75.8 Å². The number of hydrogen-bond acceptors (Lipinski definition) is 4. The average Bonchev–Trinajstić information content (AvgIpc) is 2.66. The predicted molar refractivity (Wildman–Crippen MR) is 131 cm³/mol. The maximum atomic E-state index is 6.05. The number of rotatable bonds is 5. The summed E-state index contributed by atoms with van der Waals surface area (Å²) in [7, 11) is 0. The summed E-state index contributed by atoms with van der Waals surface area (Å²) >= 11 is 0. The van der Waals surface area contributed by atoms with Crippen molar-refractivity contribution in [1.29, 1.82) is 0 Å². The maximum absolute atomic E-state index is 6.05. The van der Waals surface area contributed by atoms with Crippen LogP contribution >= 0.6 is 24.0 Å². The lowest BCUT2D eigenvalue weighted by molar-refractivity contribution is -0.00545. The van der Waals surface area contributed by atoms with Gasteiger partial charge in [0.25, 0.3) is 0 Å². The number of nitrogens with one attached hydrogen (secondary N) is 1. The van der Waals surface area contributed by atoms with Gasteiger partial charge in [0.15, 0.2) is 5.96 Å². The highest BCUT2D eigenvalue weighted by Gasteiger charge is 2.22. The SMILES string of the molecule is CC1CN(c2ccc(CN=C(N)Nc3cccc(C(C)C)c3)cn2)CC(C)O1.I. The second-order valence-corrected chi connectivity index (χ2v) is 7.79. The zero-order valence-electron chi connectivity index (χ0n) is 17.6. The Morgan fingerprint density at radius 3 is 2.59 bits per heavy atom. The van der Waals surface area contributed by atoms with Gasteiger partial charge < -0.3 is 20.7 Å². The second-order valence-electron chi connectivity index (χ2n) is 7.79. The number of anilines is 2. The van der Waals surface area contributed by atoms with Crippen molar-refractivity contribution in [2.24, 2.45) is 10.7 Å². The van der Waals surface area contributed by atoms with Gasteiger partial charge >= 0.3 is 0 Å². The summed E-state index contributed by atoms with van der Waals surface area (Å²) in [5.74, 6) is 1.86. The average molecular weight is 509 g/mol. The van der Waals surface area contributed by atoms with Gasteiger partial charge in [0.2, 0.25) is 0 Å². The van der Waals surface area contributed by atoms with Crippen molar-refractivity contribution in [2.75, 3.05) is 23.3 Å². The lowest BCUT2D eigenvalue weighted by Gasteiger charge is -2.36. The smallest absolute Gasteiger partial charge is 0.193 e. The van der Waals surface area contributed by atoms with E-state index >= 15 is 0 Å². The van der Waals surface area contributed by atoms with Crippen LogP contribution in [0.5, 0.6) is 0 Å². The molecule has 0 spiro atoms. The molecule has 29 heavy (non-hydrogen) atoms. The summed E-state index contributed by atoms with van der Waals surface area (Å²) in [6.45, 7) is 10.8. The molecule has 1 aromatic heterocycles. The molecule has 0 radical (unpaired) electrons. The van der Waals surface area contributed by atoms with E-state index in [9.17, 15) is 0 Å². The number of pyridine rings is 1. The van der Waals surface area contributed by atoms with Gasteiger partial charge in [0, 0.05) is 25.0 Å². The number of guanidine groups is 1. The molecule has 2 atom stereocenters. The number of ether oxygens (including phenoxy) is 1. The molecule has 7 heteroatoms. The molecule has 0 saturated carbocycles. The van der Waals surface area contributed by atoms with E-state index in [2.05, 4.69) is 66.1 Å². The third-order valence-corrected chi connectivity index (χ3v) is 4.81. The number of hydrogen-bond donors (Lipinski definition) is 2. The molecule has 0 amide bonds. The molecular weight excluding hydrogens is 477 g/mol. The van der Waals surface area contributed by atoms with Crippen molar-refractivity contribution in [3.63, 3.8) is 0 Å². The van der Waals surface area contributed by atoms with E-state index in [0.717, 1.165) is 30.2 Å². The second kappa shape index (κ2) is 10.8. The van der Waals surface area contributed by atoms with E-state index in [0.29, 0.717) is 18.4 Å². The number of nitrogens with zero attached hydrogens (tertiary/aromatic N) is 3. The van der Waals surface area contributed by atoms with Crippen molar-refractivity contribution < 1.29 is 4.74 Å². The van der Waals surface area contributed by atoms with Crippen molar-refractivity contribution in [1.82, 2.24) is 4.98 Å². The van der Waals surface area contributed by atoms with Gasteiger partial charge in [-0.1, -0.05) is 32.0 Å². The van der Waals surface area contributed by atoms with Crippen LogP contribution in [0.4, 0.5) is 11.5 Å². The van der Waals surface area contributed by atoms with Gasteiger partial charge in [0.05, 0.1) is 18.8 Å². The molecule has 1 fully saturated rings. The highest BCUT2D eigenvalue weighted by molar-refractivity contribution is 14.0. The monoisotopic (exact) mass is 509 g/mol. The fourth-order valence-electron chi connectivity index (χ4n) is 3.40. The Morgan fingerprint density at radius 1 is 1.24 bits per heavy atom. The Morgan fingerprint density at radius 2 is 1.97 bits per heavy atom. The largest absolute Gasteiger partial charge is 0.372 e. The Balaban J connectivity index is 0.00000300. The standard InChI is InChI=1S/C22H31N5O.HI/c1-15(2)19-6-5-7-20(10-19)26-22(23)25-12-18-8-9-21(24-11-18)27-13-16(3)28-17(4)14-27;/h5-11,15-17H,12-14H2,1-4H3,(H3,23,25,26);1H. The first-order chi connectivity index (χ1) is 13.4. The fraction of sp³-hybridized carbons (Fsp3) is 0.455. The van der Waals surface area contributed by atoms with Crippen molar-refractivity contribution >= 4 is 41.4 Å². The minimum atomic E-state index is 0. The quantitative estimate of drug-likeness (QED) is 0.356. The van der Waals surface area contributed by atoms with Gasteiger partial charge in [0.1, 0.15) is 5.82 Å². The maximum Gasteiger partial charge on any atom is 0.193 e. The normalized spacial score (nSPS) is 19.8. The van der Waals surface area contributed by atoms with Gasteiger partial charge in [-0.15, -0.1) is 24.0 Å². The molecule has 2 unspecified atom stereocenters. The molecule has 1 aliphatic rings. The zero-order valence-corrected chi connectivity index (χ0v) is 20.0. The van der Waals surface area contributed by atoms with Crippen LogP contribution in [0.1, 0.15) is 44.7 Å². The number of aliphatic imine (C=N–C) groups is 1. The molecule has 158 valence electrons. The van der Waals surface area contributed by atoms with Crippen LogP contribution in [0.3, 0.4) is 0 Å².